The van der Waals surface area contributed by atoms with Crippen molar-refractivity contribution < 1.29 is 4.79 Å². The first kappa shape index (κ1) is 12.3. The predicted octanol–water partition coefficient (Wildman–Crippen LogP) is 1.52. The van der Waals surface area contributed by atoms with E-state index in [0.717, 1.165) is 17.7 Å². The number of rotatable bonds is 3. The van der Waals surface area contributed by atoms with Crippen molar-refractivity contribution >= 4 is 27.5 Å². The molecule has 0 spiro atoms. The fourth-order valence-electron chi connectivity index (χ4n) is 2.50. The van der Waals surface area contributed by atoms with Crippen LogP contribution in [0.3, 0.4) is 0 Å². The first-order valence-electron chi connectivity index (χ1n) is 6.46. The van der Waals surface area contributed by atoms with Crippen LogP contribution in [0, 0.1) is 0 Å². The number of carbonyl (C=O) groups excluding carboxylic acids is 1. The van der Waals surface area contributed by atoms with Crippen molar-refractivity contribution in [2.75, 3.05) is 0 Å². The van der Waals surface area contributed by atoms with Gasteiger partial charge in [-0.3, -0.25) is 14.2 Å². The topological polar surface area (TPSA) is 64.0 Å². The molecule has 0 saturated heterocycles. The molecule has 0 bridgehead atoms. The summed E-state index contributed by atoms with van der Waals surface area (Å²) < 4.78 is 1.37. The summed E-state index contributed by atoms with van der Waals surface area (Å²) in [6.07, 6.45) is 5.89. The molecule has 3 rings (SSSR count). The highest BCUT2D eigenvalue weighted by atomic mass is 32.1. The van der Waals surface area contributed by atoms with E-state index in [1.54, 1.807) is 6.07 Å². The second kappa shape index (κ2) is 5.13. The average Bonchev–Trinajstić information content (AvgIpc) is 3.03. The summed E-state index contributed by atoms with van der Waals surface area (Å²) in [4.78, 5) is 28.9. The molecule has 2 heterocycles. The van der Waals surface area contributed by atoms with Gasteiger partial charge in [0, 0.05) is 6.04 Å². The van der Waals surface area contributed by atoms with Gasteiger partial charge in [-0.1, -0.05) is 12.8 Å². The third-order valence-electron chi connectivity index (χ3n) is 3.48. The zero-order valence-electron chi connectivity index (χ0n) is 10.5. The van der Waals surface area contributed by atoms with Gasteiger partial charge in [-0.25, -0.2) is 4.98 Å². The minimum atomic E-state index is -0.146. The number of thiophene rings is 1. The normalized spacial score (nSPS) is 16.0. The van der Waals surface area contributed by atoms with Crippen molar-refractivity contribution in [2.45, 2.75) is 38.3 Å². The average molecular weight is 277 g/mol. The van der Waals surface area contributed by atoms with Crippen molar-refractivity contribution in [1.29, 1.82) is 0 Å². The number of amides is 1. The number of aromatic nitrogens is 2. The molecule has 1 aliphatic carbocycles. The summed E-state index contributed by atoms with van der Waals surface area (Å²) in [5, 5.41) is 5.39. The van der Waals surface area contributed by atoms with Gasteiger partial charge in [0.15, 0.2) is 0 Å². The first-order chi connectivity index (χ1) is 9.24. The van der Waals surface area contributed by atoms with Crippen LogP contribution in [0.4, 0.5) is 0 Å². The Kier molecular flexibility index (Phi) is 3.33. The number of nitrogens with zero attached hydrogens (tertiary/aromatic N) is 2. The molecule has 19 heavy (non-hydrogen) atoms. The summed E-state index contributed by atoms with van der Waals surface area (Å²) in [5.74, 6) is -0.106. The summed E-state index contributed by atoms with van der Waals surface area (Å²) >= 11 is 1.43. The number of hydrogen-bond acceptors (Lipinski definition) is 4. The molecular weight excluding hydrogens is 262 g/mol. The second-order valence-electron chi connectivity index (χ2n) is 4.87. The highest BCUT2D eigenvalue weighted by Crippen LogP contribution is 2.17. The van der Waals surface area contributed by atoms with Crippen LogP contribution in [-0.2, 0) is 11.3 Å². The van der Waals surface area contributed by atoms with Crippen molar-refractivity contribution in [3.8, 4) is 0 Å². The van der Waals surface area contributed by atoms with Gasteiger partial charge in [0.25, 0.3) is 5.56 Å². The van der Waals surface area contributed by atoms with Gasteiger partial charge in [-0.2, -0.15) is 0 Å². The minimum Gasteiger partial charge on any atom is -0.352 e. The van der Waals surface area contributed by atoms with Crippen LogP contribution in [-0.4, -0.2) is 21.5 Å². The van der Waals surface area contributed by atoms with Gasteiger partial charge in [-0.15, -0.1) is 11.3 Å². The Bertz CT molecular complexity index is 655. The van der Waals surface area contributed by atoms with Gasteiger partial charge in [0.05, 0.1) is 11.7 Å². The molecule has 6 heteroatoms. The van der Waals surface area contributed by atoms with E-state index in [1.165, 1.54) is 35.1 Å². The van der Waals surface area contributed by atoms with Gasteiger partial charge in [0.1, 0.15) is 11.4 Å². The monoisotopic (exact) mass is 277 g/mol. The van der Waals surface area contributed by atoms with Crippen molar-refractivity contribution in [1.82, 2.24) is 14.9 Å². The standard InChI is InChI=1S/C13H15N3O2S/c17-11(15-9-3-1-2-4-9)7-16-8-14-12-10(13(16)18)5-6-19-12/h5-6,8-9H,1-4,7H2,(H,15,17). The van der Waals surface area contributed by atoms with Crippen molar-refractivity contribution in [3.63, 3.8) is 0 Å². The van der Waals surface area contributed by atoms with Crippen molar-refractivity contribution in [2.24, 2.45) is 0 Å². The van der Waals surface area contributed by atoms with Crippen LogP contribution in [0.25, 0.3) is 10.2 Å². The summed E-state index contributed by atoms with van der Waals surface area (Å²) in [6, 6.07) is 2.03. The third kappa shape index (κ3) is 2.53. The summed E-state index contributed by atoms with van der Waals surface area (Å²) in [5.41, 5.74) is -0.146. The Morgan fingerprint density at radius 3 is 3.05 bits per heavy atom. The maximum Gasteiger partial charge on any atom is 0.262 e. The third-order valence-corrected chi connectivity index (χ3v) is 4.31. The van der Waals surface area contributed by atoms with Crippen molar-refractivity contribution in [3.05, 3.63) is 28.1 Å². The zero-order valence-corrected chi connectivity index (χ0v) is 11.3. The number of carbonyl (C=O) groups is 1. The molecule has 1 amide bonds. The Morgan fingerprint density at radius 1 is 1.47 bits per heavy atom. The molecule has 0 aliphatic heterocycles. The number of hydrogen-bond donors (Lipinski definition) is 1. The molecule has 100 valence electrons. The molecule has 2 aromatic heterocycles. The van der Waals surface area contributed by atoms with E-state index in [4.69, 9.17) is 0 Å². The van der Waals surface area contributed by atoms with Crippen LogP contribution >= 0.6 is 11.3 Å². The Hall–Kier alpha value is -1.69. The number of fused-ring (bicyclic) bond motifs is 1. The van der Waals surface area contributed by atoms with Crippen LogP contribution in [0.5, 0.6) is 0 Å². The molecule has 1 N–H and O–H groups in total. The molecule has 1 fully saturated rings. The van der Waals surface area contributed by atoms with Gasteiger partial charge < -0.3 is 5.32 Å². The maximum absolute atomic E-state index is 12.1. The van der Waals surface area contributed by atoms with E-state index in [2.05, 4.69) is 10.3 Å². The molecule has 5 nitrogen and oxygen atoms in total. The van der Waals surface area contributed by atoms with Gasteiger partial charge in [0.2, 0.25) is 5.91 Å². The molecular formula is C13H15N3O2S. The zero-order chi connectivity index (χ0) is 13.2. The lowest BCUT2D eigenvalue weighted by Gasteiger charge is -2.12. The molecule has 0 unspecified atom stereocenters. The lowest BCUT2D eigenvalue weighted by molar-refractivity contribution is -0.122. The largest absolute Gasteiger partial charge is 0.352 e. The number of nitrogens with one attached hydrogen (secondary N) is 1. The van der Waals surface area contributed by atoms with Gasteiger partial charge in [-0.05, 0) is 24.3 Å². The lowest BCUT2D eigenvalue weighted by Crippen LogP contribution is -2.37. The Labute approximate surface area is 114 Å². The van der Waals surface area contributed by atoms with Crippen LogP contribution < -0.4 is 10.9 Å². The highest BCUT2D eigenvalue weighted by Gasteiger charge is 2.17. The van der Waals surface area contributed by atoms with E-state index in [-0.39, 0.29) is 24.1 Å². The Morgan fingerprint density at radius 2 is 2.26 bits per heavy atom. The van der Waals surface area contributed by atoms with Gasteiger partial charge >= 0.3 is 0 Å². The van der Waals surface area contributed by atoms with E-state index in [9.17, 15) is 9.59 Å². The van der Waals surface area contributed by atoms with Crippen LogP contribution in [0.2, 0.25) is 0 Å². The fourth-order valence-corrected chi connectivity index (χ4v) is 3.23. The molecule has 1 saturated carbocycles. The molecule has 0 aromatic carbocycles. The maximum atomic E-state index is 12.1. The van der Waals surface area contributed by atoms with Crippen LogP contribution in [0.1, 0.15) is 25.7 Å². The quantitative estimate of drug-likeness (QED) is 0.925. The molecule has 0 radical (unpaired) electrons. The van der Waals surface area contributed by atoms with E-state index >= 15 is 0 Å². The lowest BCUT2D eigenvalue weighted by atomic mass is 10.2. The molecule has 2 aromatic rings. The summed E-state index contributed by atoms with van der Waals surface area (Å²) in [6.45, 7) is 0.0497. The smallest absolute Gasteiger partial charge is 0.262 e. The fraction of sp³-hybridized carbons (Fsp3) is 0.462. The SMILES string of the molecule is O=C(Cn1cnc2sccc2c1=O)NC1CCCC1. The first-order valence-corrected chi connectivity index (χ1v) is 7.34. The van der Waals surface area contributed by atoms with Crippen LogP contribution in [0.15, 0.2) is 22.6 Å². The minimum absolute atomic E-state index is 0.0497. The predicted molar refractivity (Wildman–Crippen MR) is 74.3 cm³/mol. The van der Waals surface area contributed by atoms with E-state index in [0.29, 0.717) is 5.39 Å². The highest BCUT2D eigenvalue weighted by molar-refractivity contribution is 7.16. The Balaban J connectivity index is 1.75. The second-order valence-corrected chi connectivity index (χ2v) is 5.76. The van der Waals surface area contributed by atoms with E-state index < -0.39 is 0 Å². The summed E-state index contributed by atoms with van der Waals surface area (Å²) in [7, 11) is 0. The van der Waals surface area contributed by atoms with E-state index in [1.807, 2.05) is 5.38 Å². The molecule has 0 atom stereocenters. The molecule has 1 aliphatic rings.